The summed E-state index contributed by atoms with van der Waals surface area (Å²) in [6.45, 7) is 5.30. The van der Waals surface area contributed by atoms with Crippen molar-refractivity contribution in [1.82, 2.24) is 25.3 Å². The zero-order chi connectivity index (χ0) is 18.5. The van der Waals surface area contributed by atoms with Gasteiger partial charge in [-0.2, -0.15) is 5.10 Å². The van der Waals surface area contributed by atoms with Gasteiger partial charge >= 0.3 is 0 Å². The lowest BCUT2D eigenvalue weighted by molar-refractivity contribution is -0.133. The zero-order valence-electron chi connectivity index (χ0n) is 15.5. The fourth-order valence-electron chi connectivity index (χ4n) is 3.24. The molecule has 0 aromatic carbocycles. The average molecular weight is 359 g/mol. The maximum atomic E-state index is 12.6. The molecule has 8 nitrogen and oxygen atoms in total. The van der Waals surface area contributed by atoms with E-state index >= 15 is 0 Å². The van der Waals surface area contributed by atoms with Crippen LogP contribution in [0.3, 0.4) is 0 Å². The Balaban J connectivity index is 1.53. The van der Waals surface area contributed by atoms with Gasteiger partial charge in [0.25, 0.3) is 0 Å². The van der Waals surface area contributed by atoms with E-state index in [1.54, 1.807) is 19.2 Å². The number of hydrogen-bond donors (Lipinski definition) is 1. The fraction of sp³-hybridized carbons (Fsp3) is 0.556. The Labute approximate surface area is 152 Å². The highest BCUT2D eigenvalue weighted by atomic mass is 16.5. The first-order valence-corrected chi connectivity index (χ1v) is 8.89. The molecule has 140 valence electrons. The van der Waals surface area contributed by atoms with Crippen molar-refractivity contribution in [3.8, 4) is 11.8 Å². The Morgan fingerprint density at radius 2 is 2.08 bits per heavy atom. The van der Waals surface area contributed by atoms with Crippen LogP contribution in [0.15, 0.2) is 12.1 Å². The van der Waals surface area contributed by atoms with Gasteiger partial charge in [0.15, 0.2) is 0 Å². The van der Waals surface area contributed by atoms with Crippen molar-refractivity contribution in [3.63, 3.8) is 0 Å². The average Bonchev–Trinajstić information content (AvgIpc) is 2.98. The molecule has 0 bridgehead atoms. The summed E-state index contributed by atoms with van der Waals surface area (Å²) < 4.78 is 10.9. The van der Waals surface area contributed by atoms with Crippen LogP contribution in [0.2, 0.25) is 0 Å². The van der Waals surface area contributed by atoms with Crippen molar-refractivity contribution >= 4 is 5.91 Å². The van der Waals surface area contributed by atoms with Crippen molar-refractivity contribution in [2.24, 2.45) is 0 Å². The summed E-state index contributed by atoms with van der Waals surface area (Å²) in [7, 11) is 1.54. The van der Waals surface area contributed by atoms with Gasteiger partial charge in [-0.15, -0.1) is 10.2 Å². The molecule has 0 radical (unpaired) electrons. The lowest BCUT2D eigenvalue weighted by Gasteiger charge is -2.32. The standard InChI is InChI=1S/C18H25N5O3/c1-12-15(13(2)20-19-12)6-9-18(24)23-10-4-5-14(11-23)26-17-8-7-16(25-3)21-22-17/h7-8,14H,4-6,9-11H2,1-3H3,(H,19,20). The Kier molecular flexibility index (Phi) is 5.70. The van der Waals surface area contributed by atoms with E-state index in [-0.39, 0.29) is 12.0 Å². The van der Waals surface area contributed by atoms with Crippen LogP contribution in [0.25, 0.3) is 0 Å². The highest BCUT2D eigenvalue weighted by Crippen LogP contribution is 2.19. The minimum atomic E-state index is -0.0622. The number of amides is 1. The van der Waals surface area contributed by atoms with Gasteiger partial charge in [-0.05, 0) is 38.7 Å². The quantitative estimate of drug-likeness (QED) is 0.846. The maximum Gasteiger partial charge on any atom is 0.233 e. The predicted octanol–water partition coefficient (Wildman–Crippen LogP) is 1.83. The van der Waals surface area contributed by atoms with Gasteiger partial charge in [-0.1, -0.05) is 0 Å². The molecule has 1 amide bonds. The molecule has 0 spiro atoms. The molecule has 26 heavy (non-hydrogen) atoms. The van der Waals surface area contributed by atoms with Gasteiger partial charge in [-0.3, -0.25) is 9.89 Å². The molecule has 1 aliphatic rings. The normalized spacial score (nSPS) is 17.2. The molecule has 1 unspecified atom stereocenters. The summed E-state index contributed by atoms with van der Waals surface area (Å²) in [4.78, 5) is 14.5. The molecule has 0 saturated carbocycles. The number of aryl methyl sites for hydroxylation is 2. The molecule has 2 aromatic heterocycles. The molecule has 8 heteroatoms. The topological polar surface area (TPSA) is 93.2 Å². The predicted molar refractivity (Wildman–Crippen MR) is 95.2 cm³/mol. The zero-order valence-corrected chi connectivity index (χ0v) is 15.5. The number of H-pyrrole nitrogens is 1. The van der Waals surface area contributed by atoms with E-state index in [2.05, 4.69) is 20.4 Å². The Bertz CT molecular complexity index is 724. The Morgan fingerprint density at radius 1 is 1.31 bits per heavy atom. The second-order valence-electron chi connectivity index (χ2n) is 6.55. The number of nitrogens with one attached hydrogen (secondary N) is 1. The summed E-state index contributed by atoms with van der Waals surface area (Å²) in [5.41, 5.74) is 3.14. The minimum absolute atomic E-state index is 0.0622. The third kappa shape index (κ3) is 4.30. The second-order valence-corrected chi connectivity index (χ2v) is 6.55. The number of rotatable bonds is 6. The summed E-state index contributed by atoms with van der Waals surface area (Å²) >= 11 is 0. The number of nitrogens with zero attached hydrogens (tertiary/aromatic N) is 4. The van der Waals surface area contributed by atoms with Gasteiger partial charge in [-0.25, -0.2) is 0 Å². The second kappa shape index (κ2) is 8.16. The Hall–Kier alpha value is -2.64. The molecule has 3 rings (SSSR count). The number of piperidine rings is 1. The molecule has 2 aromatic rings. The van der Waals surface area contributed by atoms with Crippen molar-refractivity contribution in [2.75, 3.05) is 20.2 Å². The van der Waals surface area contributed by atoms with E-state index in [0.717, 1.165) is 36.3 Å². The summed E-state index contributed by atoms with van der Waals surface area (Å²) in [5, 5.41) is 15.0. The van der Waals surface area contributed by atoms with E-state index in [1.165, 1.54) is 0 Å². The monoisotopic (exact) mass is 359 g/mol. The molecule has 1 aliphatic heterocycles. The Morgan fingerprint density at radius 3 is 2.73 bits per heavy atom. The van der Waals surface area contributed by atoms with E-state index in [9.17, 15) is 4.79 Å². The first-order chi connectivity index (χ1) is 12.6. The lowest BCUT2D eigenvalue weighted by Crippen LogP contribution is -2.44. The summed E-state index contributed by atoms with van der Waals surface area (Å²) in [5.74, 6) is 1.05. The van der Waals surface area contributed by atoms with E-state index in [4.69, 9.17) is 9.47 Å². The van der Waals surface area contributed by atoms with Gasteiger partial charge < -0.3 is 14.4 Å². The van der Waals surface area contributed by atoms with E-state index in [1.807, 2.05) is 18.7 Å². The SMILES string of the molecule is COc1ccc(OC2CCCN(C(=O)CCc3c(C)n[nH]c3C)C2)nn1. The third-order valence-corrected chi connectivity index (χ3v) is 4.71. The van der Waals surface area contributed by atoms with Crippen LogP contribution in [0.5, 0.6) is 11.8 Å². The molecule has 1 N–H and O–H groups in total. The molecule has 3 heterocycles. The molecule has 1 atom stereocenters. The first-order valence-electron chi connectivity index (χ1n) is 8.89. The van der Waals surface area contributed by atoms with Crippen LogP contribution in [-0.4, -0.2) is 57.5 Å². The summed E-state index contributed by atoms with van der Waals surface area (Å²) in [6, 6.07) is 3.45. The molecular weight excluding hydrogens is 334 g/mol. The van der Waals surface area contributed by atoms with Crippen LogP contribution in [-0.2, 0) is 11.2 Å². The number of carbonyl (C=O) groups excluding carboxylic acids is 1. The lowest BCUT2D eigenvalue weighted by atomic mass is 10.0. The van der Waals surface area contributed by atoms with E-state index in [0.29, 0.717) is 31.1 Å². The molecule has 0 aliphatic carbocycles. The number of ether oxygens (including phenoxy) is 2. The first kappa shape index (κ1) is 18.2. The van der Waals surface area contributed by atoms with Gasteiger partial charge in [0.05, 0.1) is 19.3 Å². The number of carbonyl (C=O) groups is 1. The van der Waals surface area contributed by atoms with Gasteiger partial charge in [0.1, 0.15) is 6.10 Å². The molecule has 1 saturated heterocycles. The van der Waals surface area contributed by atoms with Crippen molar-refractivity contribution in [3.05, 3.63) is 29.1 Å². The fourth-order valence-corrected chi connectivity index (χ4v) is 3.24. The smallest absolute Gasteiger partial charge is 0.233 e. The number of likely N-dealkylation sites (tertiary alicyclic amines) is 1. The van der Waals surface area contributed by atoms with Crippen LogP contribution in [0, 0.1) is 13.8 Å². The van der Waals surface area contributed by atoms with Crippen molar-refractivity contribution < 1.29 is 14.3 Å². The number of aromatic amines is 1. The largest absolute Gasteiger partial charge is 0.480 e. The van der Waals surface area contributed by atoms with Crippen molar-refractivity contribution in [2.45, 2.75) is 45.6 Å². The van der Waals surface area contributed by atoms with E-state index < -0.39 is 0 Å². The van der Waals surface area contributed by atoms with Crippen LogP contribution in [0.1, 0.15) is 36.2 Å². The third-order valence-electron chi connectivity index (χ3n) is 4.71. The van der Waals surface area contributed by atoms with Crippen molar-refractivity contribution in [1.29, 1.82) is 0 Å². The van der Waals surface area contributed by atoms with Crippen LogP contribution < -0.4 is 9.47 Å². The highest BCUT2D eigenvalue weighted by molar-refractivity contribution is 5.76. The highest BCUT2D eigenvalue weighted by Gasteiger charge is 2.25. The number of aromatic nitrogens is 4. The minimum Gasteiger partial charge on any atom is -0.480 e. The van der Waals surface area contributed by atoms with Crippen LogP contribution >= 0.6 is 0 Å². The number of hydrogen-bond acceptors (Lipinski definition) is 6. The van der Waals surface area contributed by atoms with Crippen LogP contribution in [0.4, 0.5) is 0 Å². The van der Waals surface area contributed by atoms with Gasteiger partial charge in [0.2, 0.25) is 17.7 Å². The van der Waals surface area contributed by atoms with Gasteiger partial charge in [0, 0.05) is 30.8 Å². The maximum absolute atomic E-state index is 12.6. The molecular formula is C18H25N5O3. The molecule has 1 fully saturated rings. The number of methoxy groups -OCH3 is 1. The summed E-state index contributed by atoms with van der Waals surface area (Å²) in [6.07, 6.45) is 2.95.